The van der Waals surface area contributed by atoms with Crippen LogP contribution in [-0.4, -0.2) is 32.9 Å². The second kappa shape index (κ2) is 3.64. The molecule has 3 fully saturated rings. The molecule has 1 nitrogen and oxygen atoms in total. The summed E-state index contributed by atoms with van der Waals surface area (Å²) in [6.45, 7) is 0. The second-order valence-electron chi connectivity index (χ2n) is 4.55. The molecule has 6 radical (unpaired) electrons. The lowest BCUT2D eigenvalue weighted by Gasteiger charge is -2.19. The molecule has 0 aromatic heterocycles. The molecule has 13 heavy (non-hydrogen) atoms. The molecule has 0 saturated heterocycles. The Labute approximate surface area is 88.4 Å². The maximum Gasteiger partial charge on any atom is 0.129 e. The normalized spacial score (nSPS) is 28.4. The molecule has 0 aromatic rings. The van der Waals surface area contributed by atoms with E-state index in [0.717, 1.165) is 16.6 Å². The van der Waals surface area contributed by atoms with Gasteiger partial charge < -0.3 is 3.90 Å². The smallest absolute Gasteiger partial charge is 0.129 e. The van der Waals surface area contributed by atoms with Crippen LogP contribution in [0.3, 0.4) is 0 Å². The molecule has 68 valence electrons. The van der Waals surface area contributed by atoms with Gasteiger partial charge in [-0.1, -0.05) is 38.5 Å². The number of nitrogens with zero attached hydrogens (tertiary/aromatic N) is 1. The highest BCUT2D eigenvalue weighted by Crippen LogP contribution is 2.41. The zero-order valence-electron chi connectivity index (χ0n) is 7.92. The van der Waals surface area contributed by atoms with Gasteiger partial charge >= 0.3 is 0 Å². The first-order valence-corrected chi connectivity index (χ1v) is 8.56. The fraction of sp³-hybridized carbons (Fsp3) is 1.00. The Morgan fingerprint density at radius 2 is 0.923 bits per heavy atom. The van der Waals surface area contributed by atoms with Crippen LogP contribution < -0.4 is 0 Å². The molecule has 3 aliphatic carbocycles. The fourth-order valence-corrected chi connectivity index (χ4v) is 7.85. The third-order valence-corrected chi connectivity index (χ3v) is 8.59. The molecular formula is C9H15NSi3. The standard InChI is InChI=1S/C9H15NSi3/c1-2-7(1)11-10(12-8-3-4-8)13-9-5-6-9/h7-9H,1-6H2. The minimum absolute atomic E-state index is 1.14. The molecule has 0 heterocycles. The predicted molar refractivity (Wildman–Crippen MR) is 58.1 cm³/mol. The van der Waals surface area contributed by atoms with E-state index in [1.807, 2.05) is 0 Å². The van der Waals surface area contributed by atoms with Crippen LogP contribution in [0.2, 0.25) is 16.6 Å². The zero-order chi connectivity index (χ0) is 8.67. The lowest BCUT2D eigenvalue weighted by molar-refractivity contribution is 1.01. The van der Waals surface area contributed by atoms with Crippen molar-refractivity contribution in [3.05, 3.63) is 0 Å². The van der Waals surface area contributed by atoms with Crippen molar-refractivity contribution in [2.75, 3.05) is 0 Å². The summed E-state index contributed by atoms with van der Waals surface area (Å²) in [5, 5.41) is 0. The summed E-state index contributed by atoms with van der Waals surface area (Å²) >= 11 is 0. The van der Waals surface area contributed by atoms with E-state index in [1.165, 1.54) is 29.0 Å². The van der Waals surface area contributed by atoms with Crippen molar-refractivity contribution >= 4 is 29.0 Å². The first kappa shape index (κ1) is 8.88. The minimum Gasteiger partial charge on any atom is -0.374 e. The van der Waals surface area contributed by atoms with Crippen LogP contribution >= 0.6 is 0 Å². The second-order valence-corrected chi connectivity index (χ2v) is 10.5. The highest BCUT2D eigenvalue weighted by molar-refractivity contribution is 6.68. The number of hydrogen-bond acceptors (Lipinski definition) is 1. The Morgan fingerprint density at radius 3 is 1.15 bits per heavy atom. The van der Waals surface area contributed by atoms with Gasteiger partial charge in [0.05, 0.1) is 0 Å². The highest BCUT2D eigenvalue weighted by Gasteiger charge is 2.34. The van der Waals surface area contributed by atoms with E-state index in [1.54, 1.807) is 38.5 Å². The van der Waals surface area contributed by atoms with E-state index in [0.29, 0.717) is 0 Å². The van der Waals surface area contributed by atoms with E-state index >= 15 is 0 Å². The van der Waals surface area contributed by atoms with Crippen molar-refractivity contribution in [2.24, 2.45) is 0 Å². The molecule has 4 heteroatoms. The van der Waals surface area contributed by atoms with E-state index < -0.39 is 0 Å². The first-order valence-electron chi connectivity index (χ1n) is 5.49. The van der Waals surface area contributed by atoms with Crippen LogP contribution in [0.1, 0.15) is 38.5 Å². The summed E-state index contributed by atoms with van der Waals surface area (Å²) < 4.78 is 2.87. The lowest BCUT2D eigenvalue weighted by atomic mass is 11.0. The highest BCUT2D eigenvalue weighted by atomic mass is 28.4. The molecule has 0 atom stereocenters. The molecule has 3 aliphatic rings. The topological polar surface area (TPSA) is 3.24 Å². The van der Waals surface area contributed by atoms with Crippen molar-refractivity contribution in [1.29, 1.82) is 0 Å². The van der Waals surface area contributed by atoms with Gasteiger partial charge in [-0.05, 0) is 16.6 Å². The Balaban J connectivity index is 1.45. The van der Waals surface area contributed by atoms with Crippen molar-refractivity contribution in [3.8, 4) is 0 Å². The Morgan fingerprint density at radius 1 is 0.615 bits per heavy atom. The van der Waals surface area contributed by atoms with Crippen molar-refractivity contribution in [1.82, 2.24) is 3.90 Å². The minimum atomic E-state index is 1.14. The molecule has 0 bridgehead atoms. The molecule has 0 aromatic carbocycles. The van der Waals surface area contributed by atoms with Gasteiger partial charge in [0.25, 0.3) is 0 Å². The quantitative estimate of drug-likeness (QED) is 0.619. The van der Waals surface area contributed by atoms with Crippen LogP contribution in [0, 0.1) is 0 Å². The van der Waals surface area contributed by atoms with E-state index in [-0.39, 0.29) is 0 Å². The molecule has 0 unspecified atom stereocenters. The number of hydrogen-bond donors (Lipinski definition) is 0. The van der Waals surface area contributed by atoms with E-state index in [2.05, 4.69) is 3.90 Å². The fourth-order valence-electron chi connectivity index (χ4n) is 1.30. The van der Waals surface area contributed by atoms with Crippen LogP contribution in [0.15, 0.2) is 0 Å². The maximum atomic E-state index is 2.87. The van der Waals surface area contributed by atoms with Gasteiger partial charge in [-0.3, -0.25) is 0 Å². The Bertz CT molecular complexity index is 154. The Kier molecular flexibility index (Phi) is 2.49. The molecular weight excluding hydrogens is 206 g/mol. The summed E-state index contributed by atoms with van der Waals surface area (Å²) in [5.41, 5.74) is 3.41. The van der Waals surface area contributed by atoms with Crippen LogP contribution in [0.4, 0.5) is 0 Å². The summed E-state index contributed by atoms with van der Waals surface area (Å²) in [7, 11) is 3.64. The lowest BCUT2D eigenvalue weighted by Crippen LogP contribution is -2.35. The van der Waals surface area contributed by atoms with Gasteiger partial charge in [-0.15, -0.1) is 0 Å². The SMILES string of the molecule is C1CC1[Si]N([Si]C1CC1)[Si]C1CC1. The molecule has 3 saturated carbocycles. The van der Waals surface area contributed by atoms with Gasteiger partial charge in [0, 0.05) is 0 Å². The van der Waals surface area contributed by atoms with Crippen LogP contribution in [-0.2, 0) is 0 Å². The largest absolute Gasteiger partial charge is 0.374 e. The first-order chi connectivity index (χ1) is 6.40. The van der Waals surface area contributed by atoms with Gasteiger partial charge in [0.1, 0.15) is 29.0 Å². The van der Waals surface area contributed by atoms with E-state index in [4.69, 9.17) is 0 Å². The summed E-state index contributed by atoms with van der Waals surface area (Å²) in [6, 6.07) is 0. The molecule has 0 aliphatic heterocycles. The van der Waals surface area contributed by atoms with E-state index in [9.17, 15) is 0 Å². The number of rotatable bonds is 6. The van der Waals surface area contributed by atoms with Crippen molar-refractivity contribution < 1.29 is 0 Å². The van der Waals surface area contributed by atoms with Crippen LogP contribution in [0.5, 0.6) is 0 Å². The Hall–Kier alpha value is 0.611. The molecule has 0 spiro atoms. The van der Waals surface area contributed by atoms with Crippen LogP contribution in [0.25, 0.3) is 0 Å². The van der Waals surface area contributed by atoms with Gasteiger partial charge in [-0.25, -0.2) is 0 Å². The van der Waals surface area contributed by atoms with Crippen molar-refractivity contribution in [3.63, 3.8) is 0 Å². The average molecular weight is 221 g/mol. The summed E-state index contributed by atoms with van der Waals surface area (Å²) in [5.74, 6) is 0. The molecule has 3 rings (SSSR count). The van der Waals surface area contributed by atoms with Crippen molar-refractivity contribution in [2.45, 2.75) is 55.1 Å². The van der Waals surface area contributed by atoms with Gasteiger partial charge in [-0.2, -0.15) is 0 Å². The monoisotopic (exact) mass is 221 g/mol. The molecule has 0 amide bonds. The average Bonchev–Trinajstić information content (AvgIpc) is 2.94. The third-order valence-electron chi connectivity index (χ3n) is 2.67. The maximum absolute atomic E-state index is 2.87. The zero-order valence-corrected chi connectivity index (χ0v) is 10.9. The predicted octanol–water partition coefficient (Wildman–Crippen LogP) is 1.89. The summed E-state index contributed by atoms with van der Waals surface area (Å²) in [6.07, 6.45) is 9.25. The van der Waals surface area contributed by atoms with Gasteiger partial charge in [0.2, 0.25) is 0 Å². The third kappa shape index (κ3) is 3.04. The molecule has 0 N–H and O–H groups in total. The van der Waals surface area contributed by atoms with Gasteiger partial charge in [0.15, 0.2) is 0 Å². The summed E-state index contributed by atoms with van der Waals surface area (Å²) in [4.78, 5) is 0.